The van der Waals surface area contributed by atoms with E-state index >= 15 is 0 Å². The van der Waals surface area contributed by atoms with Gasteiger partial charge in [0.2, 0.25) is 0 Å². The predicted octanol–water partition coefficient (Wildman–Crippen LogP) is 2.15. The number of rotatable bonds is 2. The first-order valence-electron chi connectivity index (χ1n) is 3.26. The van der Waals surface area contributed by atoms with Crippen molar-refractivity contribution in [2.24, 2.45) is 0 Å². The lowest BCUT2D eigenvalue weighted by Gasteiger charge is -2.00. The Labute approximate surface area is 74.3 Å². The molecular formula is C8H9BrN2. The molecule has 3 heteroatoms. The van der Waals surface area contributed by atoms with E-state index in [4.69, 9.17) is 5.73 Å². The van der Waals surface area contributed by atoms with Crippen molar-refractivity contribution in [1.82, 2.24) is 4.98 Å². The van der Waals surface area contributed by atoms with Crippen LogP contribution in [0.4, 0.5) is 5.82 Å². The molecule has 1 aromatic rings. The van der Waals surface area contributed by atoms with Crippen LogP contribution < -0.4 is 5.73 Å². The van der Waals surface area contributed by atoms with E-state index in [0.29, 0.717) is 5.82 Å². The molecule has 0 spiro atoms. The molecule has 1 aromatic heterocycles. The van der Waals surface area contributed by atoms with Crippen molar-refractivity contribution < 1.29 is 0 Å². The molecule has 11 heavy (non-hydrogen) atoms. The molecule has 0 aromatic carbocycles. The third kappa shape index (κ3) is 2.05. The fraction of sp³-hybridized carbons (Fsp3) is 0.125. The third-order valence-electron chi connectivity index (χ3n) is 1.28. The lowest BCUT2D eigenvalue weighted by atomic mass is 10.3. The van der Waals surface area contributed by atoms with Gasteiger partial charge in [-0.3, -0.25) is 0 Å². The summed E-state index contributed by atoms with van der Waals surface area (Å²) in [6.45, 7) is 3.63. The lowest BCUT2D eigenvalue weighted by Crippen LogP contribution is -1.95. The van der Waals surface area contributed by atoms with Crippen molar-refractivity contribution in [2.75, 3.05) is 5.73 Å². The average molecular weight is 213 g/mol. The molecule has 2 N–H and O–H groups in total. The van der Waals surface area contributed by atoms with Crippen molar-refractivity contribution in [3.63, 3.8) is 0 Å². The molecule has 0 saturated carbocycles. The van der Waals surface area contributed by atoms with E-state index in [1.807, 2.05) is 6.07 Å². The van der Waals surface area contributed by atoms with Crippen LogP contribution in [0.15, 0.2) is 29.3 Å². The molecule has 1 rings (SSSR count). The molecule has 0 atom stereocenters. The summed E-state index contributed by atoms with van der Waals surface area (Å²) >= 11 is 3.37. The number of pyridine rings is 1. The zero-order valence-corrected chi connectivity index (χ0v) is 7.63. The van der Waals surface area contributed by atoms with Crippen molar-refractivity contribution >= 4 is 21.7 Å². The molecule has 0 aliphatic carbocycles. The van der Waals surface area contributed by atoms with E-state index in [0.717, 1.165) is 16.6 Å². The molecular weight excluding hydrogens is 204 g/mol. The van der Waals surface area contributed by atoms with Gasteiger partial charge in [0.05, 0.1) is 5.69 Å². The maximum absolute atomic E-state index is 5.49. The molecule has 0 bridgehead atoms. The minimum atomic E-state index is 0.546. The van der Waals surface area contributed by atoms with Gasteiger partial charge in [0, 0.05) is 10.9 Å². The predicted molar refractivity (Wildman–Crippen MR) is 50.3 cm³/mol. The summed E-state index contributed by atoms with van der Waals surface area (Å²) in [7, 11) is 0. The van der Waals surface area contributed by atoms with Gasteiger partial charge in [0.15, 0.2) is 0 Å². The number of halogens is 1. The van der Waals surface area contributed by atoms with E-state index in [1.165, 1.54) is 0 Å². The minimum absolute atomic E-state index is 0.546. The second kappa shape index (κ2) is 3.53. The van der Waals surface area contributed by atoms with E-state index in [9.17, 15) is 0 Å². The SMILES string of the molecule is C=CCc1nc(N)ccc1Br. The van der Waals surface area contributed by atoms with E-state index < -0.39 is 0 Å². The van der Waals surface area contributed by atoms with Crippen LogP contribution in [0.3, 0.4) is 0 Å². The van der Waals surface area contributed by atoms with Gasteiger partial charge in [-0.1, -0.05) is 6.08 Å². The molecule has 0 aliphatic rings. The number of nitrogens with zero attached hydrogens (tertiary/aromatic N) is 1. The van der Waals surface area contributed by atoms with Gasteiger partial charge in [-0.25, -0.2) is 4.98 Å². The van der Waals surface area contributed by atoms with Crippen LogP contribution in [-0.2, 0) is 6.42 Å². The summed E-state index contributed by atoms with van der Waals surface area (Å²) in [6.07, 6.45) is 2.54. The fourth-order valence-corrected chi connectivity index (χ4v) is 1.16. The Hall–Kier alpha value is -0.830. The van der Waals surface area contributed by atoms with E-state index in [-0.39, 0.29) is 0 Å². The molecule has 0 aliphatic heterocycles. The first kappa shape index (κ1) is 8.27. The smallest absolute Gasteiger partial charge is 0.123 e. The standard InChI is InChI=1S/C8H9BrN2/c1-2-3-7-6(9)4-5-8(10)11-7/h2,4-5H,1,3H2,(H2,10,11). The number of hydrogen-bond acceptors (Lipinski definition) is 2. The second-order valence-electron chi connectivity index (χ2n) is 2.16. The molecule has 0 fully saturated rings. The van der Waals surface area contributed by atoms with Gasteiger partial charge < -0.3 is 5.73 Å². The highest BCUT2D eigenvalue weighted by Crippen LogP contribution is 2.16. The highest BCUT2D eigenvalue weighted by atomic mass is 79.9. The first-order valence-corrected chi connectivity index (χ1v) is 4.05. The zero-order chi connectivity index (χ0) is 8.27. The quantitative estimate of drug-likeness (QED) is 0.764. The van der Waals surface area contributed by atoms with Crippen LogP contribution in [0.1, 0.15) is 5.69 Å². The Kier molecular flexibility index (Phi) is 2.65. The van der Waals surface area contributed by atoms with E-state index in [2.05, 4.69) is 27.5 Å². The maximum Gasteiger partial charge on any atom is 0.123 e. The lowest BCUT2D eigenvalue weighted by molar-refractivity contribution is 1.10. The van der Waals surface area contributed by atoms with Crippen LogP contribution in [-0.4, -0.2) is 4.98 Å². The van der Waals surface area contributed by atoms with Gasteiger partial charge in [-0.05, 0) is 28.1 Å². The fourth-order valence-electron chi connectivity index (χ4n) is 0.781. The van der Waals surface area contributed by atoms with Crippen LogP contribution >= 0.6 is 15.9 Å². The maximum atomic E-state index is 5.49. The van der Waals surface area contributed by atoms with Crippen molar-refractivity contribution in [2.45, 2.75) is 6.42 Å². The molecule has 1 heterocycles. The molecule has 0 unspecified atom stereocenters. The molecule has 2 nitrogen and oxygen atoms in total. The van der Waals surface area contributed by atoms with Gasteiger partial charge >= 0.3 is 0 Å². The van der Waals surface area contributed by atoms with Gasteiger partial charge in [0.25, 0.3) is 0 Å². The summed E-state index contributed by atoms with van der Waals surface area (Å²) in [5, 5.41) is 0. The Balaban J connectivity index is 3.01. The number of aromatic nitrogens is 1. The minimum Gasteiger partial charge on any atom is -0.384 e. The highest BCUT2D eigenvalue weighted by Gasteiger charge is 1.98. The molecule has 0 amide bonds. The molecule has 58 valence electrons. The topological polar surface area (TPSA) is 38.9 Å². The monoisotopic (exact) mass is 212 g/mol. The number of allylic oxidation sites excluding steroid dienone is 1. The van der Waals surface area contributed by atoms with Crippen LogP contribution in [0, 0.1) is 0 Å². The van der Waals surface area contributed by atoms with Gasteiger partial charge in [-0.2, -0.15) is 0 Å². The van der Waals surface area contributed by atoms with E-state index in [1.54, 1.807) is 12.1 Å². The van der Waals surface area contributed by atoms with Crippen molar-refractivity contribution in [3.8, 4) is 0 Å². The number of hydrogen-bond donors (Lipinski definition) is 1. The highest BCUT2D eigenvalue weighted by molar-refractivity contribution is 9.10. The Morgan fingerprint density at radius 3 is 3.00 bits per heavy atom. The van der Waals surface area contributed by atoms with Crippen LogP contribution in [0.2, 0.25) is 0 Å². The zero-order valence-electron chi connectivity index (χ0n) is 6.05. The Bertz CT molecular complexity index is 271. The van der Waals surface area contributed by atoms with Crippen molar-refractivity contribution in [1.29, 1.82) is 0 Å². The summed E-state index contributed by atoms with van der Waals surface area (Å²) in [6, 6.07) is 3.65. The number of anilines is 1. The van der Waals surface area contributed by atoms with Gasteiger partial charge in [-0.15, -0.1) is 6.58 Å². The first-order chi connectivity index (χ1) is 5.24. The summed E-state index contributed by atoms with van der Waals surface area (Å²) in [5.74, 6) is 0.546. The normalized spacial score (nSPS) is 9.55. The third-order valence-corrected chi connectivity index (χ3v) is 2.00. The van der Waals surface area contributed by atoms with Crippen LogP contribution in [0.25, 0.3) is 0 Å². The summed E-state index contributed by atoms with van der Waals surface area (Å²) in [4.78, 5) is 4.12. The average Bonchev–Trinajstić information content (AvgIpc) is 1.98. The summed E-state index contributed by atoms with van der Waals surface area (Å²) < 4.78 is 0.978. The van der Waals surface area contributed by atoms with Crippen molar-refractivity contribution in [3.05, 3.63) is 35.0 Å². The summed E-state index contributed by atoms with van der Waals surface area (Å²) in [5.41, 5.74) is 6.42. The number of nitrogens with two attached hydrogens (primary N) is 1. The van der Waals surface area contributed by atoms with Crippen LogP contribution in [0.5, 0.6) is 0 Å². The Morgan fingerprint density at radius 1 is 1.64 bits per heavy atom. The number of nitrogen functional groups attached to an aromatic ring is 1. The largest absolute Gasteiger partial charge is 0.384 e. The van der Waals surface area contributed by atoms with Gasteiger partial charge in [0.1, 0.15) is 5.82 Å². The molecule has 0 radical (unpaired) electrons. The second-order valence-corrected chi connectivity index (χ2v) is 3.01. The molecule has 0 saturated heterocycles. The Morgan fingerprint density at radius 2 is 2.36 bits per heavy atom.